The van der Waals surface area contributed by atoms with Gasteiger partial charge in [0.05, 0.1) is 0 Å². The van der Waals surface area contributed by atoms with Crippen LogP contribution < -0.4 is 5.32 Å². The molecule has 0 saturated carbocycles. The lowest BCUT2D eigenvalue weighted by molar-refractivity contribution is 0.799. The zero-order valence-electron chi connectivity index (χ0n) is 8.69. The summed E-state index contributed by atoms with van der Waals surface area (Å²) in [6.07, 6.45) is 3.13. The second-order valence-electron chi connectivity index (χ2n) is 3.16. The van der Waals surface area contributed by atoms with E-state index in [0.29, 0.717) is 12.5 Å². The maximum Gasteiger partial charge on any atom is 0.228 e. The van der Waals surface area contributed by atoms with E-state index in [9.17, 15) is 0 Å². The standard InChI is InChI=1S/C8H9Cl2N7/c9-6-14-7(10)16-8(15-6)11-3-1-2-5-12-4-13-17-5/h4H,1-3H2,(H,12,13,17)(H,11,14,15,16). The molecule has 0 bridgehead atoms. The molecule has 17 heavy (non-hydrogen) atoms. The number of halogens is 2. The van der Waals surface area contributed by atoms with Crippen LogP contribution in [-0.4, -0.2) is 36.7 Å². The van der Waals surface area contributed by atoms with Crippen LogP contribution in [0.4, 0.5) is 5.95 Å². The van der Waals surface area contributed by atoms with Crippen LogP contribution in [0.1, 0.15) is 12.2 Å². The molecule has 0 saturated heterocycles. The number of hydrogen-bond acceptors (Lipinski definition) is 6. The largest absolute Gasteiger partial charge is 0.354 e. The quantitative estimate of drug-likeness (QED) is 0.799. The van der Waals surface area contributed by atoms with Gasteiger partial charge in [-0.2, -0.15) is 20.1 Å². The molecule has 2 aromatic heterocycles. The Morgan fingerprint density at radius 1 is 1.18 bits per heavy atom. The van der Waals surface area contributed by atoms with Gasteiger partial charge in [-0.05, 0) is 29.6 Å². The first kappa shape index (κ1) is 12.0. The molecular formula is C8H9Cl2N7. The van der Waals surface area contributed by atoms with Gasteiger partial charge in [-0.15, -0.1) is 0 Å². The molecule has 9 heteroatoms. The minimum atomic E-state index is 0.0720. The van der Waals surface area contributed by atoms with Crippen molar-refractivity contribution >= 4 is 29.2 Å². The van der Waals surface area contributed by atoms with Gasteiger partial charge in [0.25, 0.3) is 0 Å². The molecule has 0 aliphatic heterocycles. The molecule has 0 aromatic carbocycles. The number of H-pyrrole nitrogens is 1. The summed E-state index contributed by atoms with van der Waals surface area (Å²) in [7, 11) is 0. The van der Waals surface area contributed by atoms with Crippen molar-refractivity contribution in [1.29, 1.82) is 0 Å². The van der Waals surface area contributed by atoms with Gasteiger partial charge >= 0.3 is 0 Å². The zero-order chi connectivity index (χ0) is 12.1. The fraction of sp³-hybridized carbons (Fsp3) is 0.375. The highest BCUT2D eigenvalue weighted by atomic mass is 35.5. The summed E-state index contributed by atoms with van der Waals surface area (Å²) in [5.41, 5.74) is 0. The summed E-state index contributed by atoms with van der Waals surface area (Å²) in [6, 6.07) is 0. The lowest BCUT2D eigenvalue weighted by atomic mass is 10.3. The van der Waals surface area contributed by atoms with Gasteiger partial charge in [0.2, 0.25) is 16.5 Å². The Morgan fingerprint density at radius 2 is 1.94 bits per heavy atom. The van der Waals surface area contributed by atoms with E-state index >= 15 is 0 Å². The minimum absolute atomic E-state index is 0.0720. The molecule has 0 unspecified atom stereocenters. The van der Waals surface area contributed by atoms with Gasteiger partial charge in [-0.1, -0.05) is 0 Å². The summed E-state index contributed by atoms with van der Waals surface area (Å²) < 4.78 is 0. The number of nitrogens with one attached hydrogen (secondary N) is 2. The monoisotopic (exact) mass is 273 g/mol. The van der Waals surface area contributed by atoms with Crippen LogP contribution in [-0.2, 0) is 6.42 Å². The molecule has 0 atom stereocenters. The van der Waals surface area contributed by atoms with Crippen molar-refractivity contribution < 1.29 is 0 Å². The molecule has 2 rings (SSSR count). The molecule has 2 aromatic rings. The van der Waals surface area contributed by atoms with Crippen LogP contribution in [0.15, 0.2) is 6.33 Å². The number of aromatic nitrogens is 6. The Balaban J connectivity index is 1.78. The molecule has 0 radical (unpaired) electrons. The minimum Gasteiger partial charge on any atom is -0.354 e. The lowest BCUT2D eigenvalue weighted by Crippen LogP contribution is -2.07. The number of anilines is 1. The van der Waals surface area contributed by atoms with Gasteiger partial charge in [-0.25, -0.2) is 4.98 Å². The fourth-order valence-electron chi connectivity index (χ4n) is 1.21. The van der Waals surface area contributed by atoms with E-state index in [1.54, 1.807) is 0 Å². The maximum absolute atomic E-state index is 5.63. The number of rotatable bonds is 5. The summed E-state index contributed by atoms with van der Waals surface area (Å²) in [5, 5.41) is 9.68. The molecule has 0 spiro atoms. The highest BCUT2D eigenvalue weighted by Gasteiger charge is 2.02. The predicted molar refractivity (Wildman–Crippen MR) is 63.0 cm³/mol. The van der Waals surface area contributed by atoms with Gasteiger partial charge in [0.15, 0.2) is 0 Å². The first-order valence-electron chi connectivity index (χ1n) is 4.89. The first-order valence-corrected chi connectivity index (χ1v) is 5.65. The topological polar surface area (TPSA) is 92.3 Å². The van der Waals surface area contributed by atoms with Crippen molar-refractivity contribution in [3.8, 4) is 0 Å². The van der Waals surface area contributed by atoms with Crippen molar-refractivity contribution in [2.75, 3.05) is 11.9 Å². The second kappa shape index (κ2) is 5.74. The zero-order valence-corrected chi connectivity index (χ0v) is 10.2. The van der Waals surface area contributed by atoms with E-state index < -0.39 is 0 Å². The van der Waals surface area contributed by atoms with Crippen molar-refractivity contribution in [1.82, 2.24) is 30.1 Å². The van der Waals surface area contributed by atoms with E-state index in [1.807, 2.05) is 0 Å². The average Bonchev–Trinajstić information content (AvgIpc) is 2.76. The van der Waals surface area contributed by atoms with E-state index in [1.165, 1.54) is 6.33 Å². The van der Waals surface area contributed by atoms with Crippen LogP contribution >= 0.6 is 23.2 Å². The number of aromatic amines is 1. The molecular weight excluding hydrogens is 265 g/mol. The van der Waals surface area contributed by atoms with Gasteiger partial charge in [0, 0.05) is 13.0 Å². The van der Waals surface area contributed by atoms with Crippen LogP contribution in [0.5, 0.6) is 0 Å². The van der Waals surface area contributed by atoms with Crippen molar-refractivity contribution in [2.45, 2.75) is 12.8 Å². The average molecular weight is 274 g/mol. The lowest BCUT2D eigenvalue weighted by Gasteiger charge is -2.03. The van der Waals surface area contributed by atoms with Crippen LogP contribution in [0, 0.1) is 0 Å². The summed E-state index contributed by atoms with van der Waals surface area (Å²) >= 11 is 11.3. The Labute approximate surface area is 107 Å². The Kier molecular flexibility index (Phi) is 4.05. The van der Waals surface area contributed by atoms with Crippen LogP contribution in [0.25, 0.3) is 0 Å². The van der Waals surface area contributed by atoms with Crippen LogP contribution in [0.2, 0.25) is 10.6 Å². The fourth-order valence-corrected chi connectivity index (χ4v) is 1.58. The third-order valence-electron chi connectivity index (χ3n) is 1.92. The molecule has 0 amide bonds. The molecule has 7 nitrogen and oxygen atoms in total. The summed E-state index contributed by atoms with van der Waals surface area (Å²) in [5.74, 6) is 1.21. The Bertz CT molecular complexity index is 452. The van der Waals surface area contributed by atoms with Gasteiger partial charge in [-0.3, -0.25) is 5.10 Å². The number of hydrogen-bond donors (Lipinski definition) is 2. The Morgan fingerprint density at radius 3 is 2.59 bits per heavy atom. The molecule has 0 aliphatic rings. The van der Waals surface area contributed by atoms with Crippen LogP contribution in [0.3, 0.4) is 0 Å². The molecule has 0 fully saturated rings. The van der Waals surface area contributed by atoms with Crippen molar-refractivity contribution in [3.05, 3.63) is 22.7 Å². The smallest absolute Gasteiger partial charge is 0.228 e. The SMILES string of the molecule is Clc1nc(Cl)nc(NCCCc2ncn[nH]2)n1. The van der Waals surface area contributed by atoms with Gasteiger partial charge in [0.1, 0.15) is 12.2 Å². The Hall–Kier alpha value is -1.47. The highest BCUT2D eigenvalue weighted by Crippen LogP contribution is 2.09. The van der Waals surface area contributed by atoms with E-state index in [2.05, 4.69) is 35.5 Å². The third kappa shape index (κ3) is 3.79. The molecule has 0 aliphatic carbocycles. The summed E-state index contributed by atoms with van der Waals surface area (Å²) in [6.45, 7) is 0.678. The first-order chi connectivity index (χ1) is 8.24. The second-order valence-corrected chi connectivity index (χ2v) is 3.84. The molecule has 2 heterocycles. The van der Waals surface area contributed by atoms with E-state index in [-0.39, 0.29) is 10.6 Å². The molecule has 90 valence electrons. The van der Waals surface area contributed by atoms with Crippen molar-refractivity contribution in [2.24, 2.45) is 0 Å². The van der Waals surface area contributed by atoms with E-state index in [0.717, 1.165) is 18.7 Å². The maximum atomic E-state index is 5.63. The molecule has 2 N–H and O–H groups in total. The van der Waals surface area contributed by atoms with Gasteiger partial charge < -0.3 is 5.32 Å². The number of nitrogens with zero attached hydrogens (tertiary/aromatic N) is 5. The van der Waals surface area contributed by atoms with Crippen molar-refractivity contribution in [3.63, 3.8) is 0 Å². The highest BCUT2D eigenvalue weighted by molar-refractivity contribution is 6.31. The number of aryl methyl sites for hydroxylation is 1. The third-order valence-corrected chi connectivity index (χ3v) is 2.26. The predicted octanol–water partition coefficient (Wildman–Crippen LogP) is 1.34. The van der Waals surface area contributed by atoms with E-state index in [4.69, 9.17) is 23.2 Å². The normalized spacial score (nSPS) is 10.5. The summed E-state index contributed by atoms with van der Waals surface area (Å²) in [4.78, 5) is 15.4.